The van der Waals surface area contributed by atoms with Gasteiger partial charge in [0.2, 0.25) is 28.0 Å². The number of morpholine rings is 2. The van der Waals surface area contributed by atoms with Crippen LogP contribution in [0.4, 0.5) is 67.9 Å². The molecular weight excluding hydrogens is 1410 g/mol. The third kappa shape index (κ3) is 15.2. The monoisotopic (exact) mass is 1470 g/mol. The molecule has 4 aliphatic heterocycles. The second-order valence-corrected chi connectivity index (χ2v) is 27.9. The Morgan fingerprint density at radius 2 is 1.06 bits per heavy atom. The first-order chi connectivity index (χ1) is 48.5. The molecule has 0 radical (unpaired) electrons. The molecule has 0 unspecified atom stereocenters. The molecule has 7 aromatic rings. The summed E-state index contributed by atoms with van der Waals surface area (Å²) in [6.07, 6.45) is 2.64. The van der Waals surface area contributed by atoms with Crippen LogP contribution in [0.15, 0.2) is 108 Å². The van der Waals surface area contributed by atoms with Crippen LogP contribution < -0.4 is 39.7 Å². The van der Waals surface area contributed by atoms with Gasteiger partial charge in [-0.05, 0) is 94.1 Å². The number of methoxy groups -OCH3 is 2. The Balaban J connectivity index is 0.957. The SMILES string of the molecule is [C-]#[N+]/C(=C\c1sc(N=Nc2cc(OC)c(N(CC)CC)cc2Nc2nc(Nc3cc(N(CC)CC)c(OC)cc3N=Nc3nc(N4CCOCC4)c(/C=C(\C#N)N4C(=O)c5ccc(S(=O)(=O)O)cc5C4=O)s3)nc(SCC)n2)nc1N1CCOCC1)N1C(=O)c2ccc(S(=O)(=O)O)cc2C1=O. The summed E-state index contributed by atoms with van der Waals surface area (Å²) in [6, 6.07) is 14.9. The van der Waals surface area contributed by atoms with E-state index in [0.29, 0.717) is 155 Å². The van der Waals surface area contributed by atoms with E-state index in [4.69, 9.17) is 60.7 Å². The van der Waals surface area contributed by atoms with Crippen LogP contribution in [0.5, 0.6) is 11.5 Å². The number of rotatable bonds is 26. The Morgan fingerprint density at radius 1 is 0.634 bits per heavy atom. The number of thiazole rings is 2. The summed E-state index contributed by atoms with van der Waals surface area (Å²) in [5.74, 6) is -1.85. The molecule has 0 bridgehead atoms. The van der Waals surface area contributed by atoms with E-state index < -0.39 is 65.2 Å². The summed E-state index contributed by atoms with van der Waals surface area (Å²) >= 11 is 3.35. The molecule has 11 rings (SSSR count). The minimum Gasteiger partial charge on any atom is -0.494 e. The van der Waals surface area contributed by atoms with Gasteiger partial charge in [0.25, 0.3) is 32.1 Å². The number of aromatic nitrogens is 5. The average Bonchev–Trinajstić information content (AvgIpc) is 1.61. The van der Waals surface area contributed by atoms with E-state index in [1.165, 1.54) is 38.1 Å². The maximum Gasteiger partial charge on any atom is 0.334 e. The Hall–Kier alpha value is -10.4. The number of azo groups is 2. The van der Waals surface area contributed by atoms with Crippen molar-refractivity contribution < 1.29 is 64.1 Å². The summed E-state index contributed by atoms with van der Waals surface area (Å²) in [5, 5.41) is 36.5. The van der Waals surface area contributed by atoms with E-state index in [1.807, 2.05) is 62.6 Å². The number of ether oxygens (including phenoxy) is 4. The van der Waals surface area contributed by atoms with E-state index in [0.717, 1.165) is 59.1 Å². The van der Waals surface area contributed by atoms with Crippen LogP contribution in [0.2, 0.25) is 0 Å². The van der Waals surface area contributed by atoms with Crippen LogP contribution in [0, 0.1) is 17.9 Å². The Morgan fingerprint density at radius 3 is 1.47 bits per heavy atom. The summed E-state index contributed by atoms with van der Waals surface area (Å²) in [5.41, 5.74) is 1.19. The molecule has 524 valence electrons. The van der Waals surface area contributed by atoms with Gasteiger partial charge in [0, 0.05) is 64.5 Å². The molecule has 101 heavy (non-hydrogen) atoms. The van der Waals surface area contributed by atoms with Crippen molar-refractivity contribution in [3.05, 3.63) is 116 Å². The maximum absolute atomic E-state index is 13.8. The van der Waals surface area contributed by atoms with Crippen molar-refractivity contribution in [2.45, 2.75) is 49.6 Å². The number of hydrogen-bond acceptors (Lipinski definition) is 31. The molecule has 38 heteroatoms. The third-order valence-corrected chi connectivity index (χ3v) is 20.3. The zero-order chi connectivity index (χ0) is 72.0. The number of amides is 4. The number of nitrogens with one attached hydrogen (secondary N) is 2. The van der Waals surface area contributed by atoms with Crippen LogP contribution in [0.3, 0.4) is 0 Å². The first-order valence-electron chi connectivity index (χ1n) is 31.1. The molecule has 4 aliphatic rings. The molecule has 33 nitrogen and oxygen atoms in total. The first-order valence-corrected chi connectivity index (χ1v) is 36.6. The van der Waals surface area contributed by atoms with Crippen LogP contribution in [-0.4, -0.2) is 183 Å². The number of benzene rings is 4. The highest BCUT2D eigenvalue weighted by molar-refractivity contribution is 7.99. The second kappa shape index (κ2) is 30.6. The van der Waals surface area contributed by atoms with Gasteiger partial charge >= 0.3 is 11.8 Å². The third-order valence-electron chi connectivity index (χ3n) is 16.1. The minimum atomic E-state index is -4.75. The molecule has 4 N–H and O–H groups in total. The molecule has 7 heterocycles. The van der Waals surface area contributed by atoms with E-state index in [-0.39, 0.29) is 55.8 Å². The number of allylic oxidation sites excluding steroid dienone is 1. The molecule has 4 aromatic carbocycles. The van der Waals surface area contributed by atoms with Crippen LogP contribution in [0.25, 0.3) is 17.0 Å². The summed E-state index contributed by atoms with van der Waals surface area (Å²) in [6.45, 7) is 23.3. The van der Waals surface area contributed by atoms with Crippen molar-refractivity contribution in [1.82, 2.24) is 34.7 Å². The number of anilines is 8. The van der Waals surface area contributed by atoms with Crippen molar-refractivity contribution in [3.8, 4) is 17.6 Å². The van der Waals surface area contributed by atoms with Gasteiger partial charge in [0.1, 0.15) is 46.3 Å². The van der Waals surface area contributed by atoms with Crippen molar-refractivity contribution in [2.24, 2.45) is 20.5 Å². The molecule has 0 atom stereocenters. The van der Waals surface area contributed by atoms with Gasteiger partial charge in [0.15, 0.2) is 5.16 Å². The van der Waals surface area contributed by atoms with Gasteiger partial charge in [-0.1, -0.05) is 47.9 Å². The average molecular weight is 1470 g/mol. The Labute approximate surface area is 591 Å². The summed E-state index contributed by atoms with van der Waals surface area (Å²) in [4.78, 5) is 91.5. The molecule has 2 fully saturated rings. The highest BCUT2D eigenvalue weighted by Gasteiger charge is 2.44. The van der Waals surface area contributed by atoms with Gasteiger partial charge in [0.05, 0.1) is 105 Å². The molecule has 2 saturated heterocycles. The van der Waals surface area contributed by atoms with Crippen LogP contribution in [0.1, 0.15) is 85.8 Å². The molecule has 0 spiro atoms. The fourth-order valence-corrected chi connectivity index (χ4v) is 14.4. The number of carbonyl (C=O) groups is 4. The number of nitriles is 1. The zero-order valence-corrected chi connectivity index (χ0v) is 59.1. The lowest BCUT2D eigenvalue weighted by Crippen LogP contribution is -2.36. The first kappa shape index (κ1) is 71.9. The number of thioether (sulfide) groups is 1. The number of hydrogen-bond donors (Lipinski definition) is 4. The highest BCUT2D eigenvalue weighted by atomic mass is 32.2. The standard InChI is InChI=1S/C63H63N19O14S5/c1-9-77(10-2)46-29-42(44(31-48(46)93-7)73-75-62-68-53(79-18-22-95-23-19-79)50(98-62)26-35(34-64)81-55(83)38-16-14-36(100(87,88)89)27-40(38)57(81)85)66-59-70-60(72-61(71-59)97-13-5)67-43-30-47(78(11-3)12-4)49(94-8)32-45(43)74-76-63-69-54(80-20-24-96-25-21-80)51(99-63)33-52(65-6)82-56(84)39-17-15-37(101(90,91)92)28-41(39)58(82)86/h14-17,26-33H,9-13,18-25H2,1-5,7-8H3,(H,87,88,89)(H,90,91,92)(H2,66,67,70,71,72)/b35-26+,52-33+,75-73?,76-74?. The minimum absolute atomic E-state index is 0.0655. The highest BCUT2D eigenvalue weighted by Crippen LogP contribution is 2.45. The number of fused-ring (bicyclic) bond motifs is 2. The number of nitrogens with zero attached hydrogens (tertiary/aromatic N) is 17. The van der Waals surface area contributed by atoms with Crippen molar-refractivity contribution in [2.75, 3.05) is 129 Å². The van der Waals surface area contributed by atoms with Crippen molar-refractivity contribution >= 4 is 158 Å². The van der Waals surface area contributed by atoms with Crippen LogP contribution in [-0.2, 0) is 29.7 Å². The van der Waals surface area contributed by atoms with E-state index in [2.05, 4.69) is 35.5 Å². The molecule has 4 amide bonds. The molecule has 0 saturated carbocycles. The summed E-state index contributed by atoms with van der Waals surface area (Å²) in [7, 11) is -6.44. The normalized spacial score (nSPS) is 15.2. The Kier molecular flexibility index (Phi) is 21.8. The fourth-order valence-electron chi connectivity index (χ4n) is 11.2. The van der Waals surface area contributed by atoms with Crippen LogP contribution >= 0.6 is 34.4 Å². The number of imide groups is 2. The predicted octanol–water partition coefficient (Wildman–Crippen LogP) is 10.8. The number of carbonyl (C=O) groups excluding carboxylic acids is 4. The predicted molar refractivity (Wildman–Crippen MR) is 376 cm³/mol. The summed E-state index contributed by atoms with van der Waals surface area (Å²) < 4.78 is 90.6. The lowest BCUT2D eigenvalue weighted by Gasteiger charge is -2.27. The van der Waals surface area contributed by atoms with Crippen molar-refractivity contribution in [3.63, 3.8) is 0 Å². The zero-order valence-electron chi connectivity index (χ0n) is 55.1. The smallest absolute Gasteiger partial charge is 0.334 e. The Bertz CT molecular complexity index is 4620. The fraction of sp³-hybridized carbons (Fsp3) is 0.317. The lowest BCUT2D eigenvalue weighted by atomic mass is 10.1. The second-order valence-electron chi connectivity index (χ2n) is 21.9. The van der Waals surface area contributed by atoms with Gasteiger partial charge in [-0.15, -0.1) is 20.5 Å². The topological polar surface area (TPSA) is 399 Å². The van der Waals surface area contributed by atoms with E-state index in [9.17, 15) is 50.4 Å². The largest absolute Gasteiger partial charge is 0.494 e. The van der Waals surface area contributed by atoms with Gasteiger partial charge in [-0.3, -0.25) is 18.7 Å². The molecule has 0 aliphatic carbocycles. The molecular formula is C63H63N19O14S5. The van der Waals surface area contributed by atoms with E-state index >= 15 is 0 Å². The molecule has 3 aromatic heterocycles. The van der Waals surface area contributed by atoms with Gasteiger partial charge in [-0.2, -0.15) is 51.9 Å². The van der Waals surface area contributed by atoms with E-state index in [1.54, 1.807) is 12.1 Å². The van der Waals surface area contributed by atoms with Gasteiger partial charge in [-0.25, -0.2) is 14.5 Å². The van der Waals surface area contributed by atoms with Crippen molar-refractivity contribution in [1.29, 1.82) is 5.26 Å². The maximum atomic E-state index is 13.8. The quantitative estimate of drug-likeness (QED) is 0.00977. The van der Waals surface area contributed by atoms with Gasteiger partial charge < -0.3 is 54.0 Å². The lowest BCUT2D eigenvalue weighted by molar-refractivity contribution is 0.0695.